The van der Waals surface area contributed by atoms with Crippen LogP contribution in [0.3, 0.4) is 0 Å². The van der Waals surface area contributed by atoms with Gasteiger partial charge in [-0.3, -0.25) is 0 Å². The molecular formula is C8H13BrO2. The van der Waals surface area contributed by atoms with E-state index < -0.39 is 0 Å². The van der Waals surface area contributed by atoms with Crippen LogP contribution in [0.5, 0.6) is 0 Å². The van der Waals surface area contributed by atoms with E-state index in [0.717, 1.165) is 19.4 Å². The third-order valence-electron chi connectivity index (χ3n) is 1.58. The molecule has 1 saturated heterocycles. The minimum Gasteiger partial charge on any atom is -0.351 e. The predicted molar refractivity (Wildman–Crippen MR) is 47.8 cm³/mol. The van der Waals surface area contributed by atoms with Crippen LogP contribution in [0.1, 0.15) is 12.8 Å². The highest BCUT2D eigenvalue weighted by atomic mass is 79.9. The maximum atomic E-state index is 5.38. The molecule has 0 aliphatic carbocycles. The molecule has 1 aliphatic heterocycles. The Morgan fingerprint density at radius 1 is 1.73 bits per heavy atom. The number of alkyl halides is 1. The smallest absolute Gasteiger partial charge is 0.170 e. The Morgan fingerprint density at radius 2 is 2.55 bits per heavy atom. The van der Waals surface area contributed by atoms with Gasteiger partial charge in [-0.15, -0.1) is 6.58 Å². The summed E-state index contributed by atoms with van der Waals surface area (Å²) in [6.07, 6.45) is 3.89. The zero-order valence-electron chi connectivity index (χ0n) is 6.46. The largest absolute Gasteiger partial charge is 0.351 e. The standard InChI is InChI=1S/C8H13BrO2/c1-2-5-10-8-7(9)4-3-6-11-8/h2,7-8H,1,3-6H2. The van der Waals surface area contributed by atoms with E-state index in [4.69, 9.17) is 9.47 Å². The average Bonchev–Trinajstić information content (AvgIpc) is 2.03. The van der Waals surface area contributed by atoms with Gasteiger partial charge < -0.3 is 9.47 Å². The SMILES string of the molecule is C=CCOC1OCCCC1Br. The van der Waals surface area contributed by atoms with Gasteiger partial charge in [-0.05, 0) is 12.8 Å². The molecule has 0 aromatic heterocycles. The summed E-state index contributed by atoms with van der Waals surface area (Å²) in [6.45, 7) is 4.95. The van der Waals surface area contributed by atoms with Gasteiger partial charge >= 0.3 is 0 Å². The van der Waals surface area contributed by atoms with Crippen molar-refractivity contribution in [2.45, 2.75) is 24.0 Å². The molecular weight excluding hydrogens is 208 g/mol. The molecule has 0 N–H and O–H groups in total. The van der Waals surface area contributed by atoms with Crippen molar-refractivity contribution >= 4 is 15.9 Å². The molecule has 0 radical (unpaired) electrons. The molecule has 1 fully saturated rings. The zero-order valence-corrected chi connectivity index (χ0v) is 8.05. The third kappa shape index (κ3) is 2.93. The van der Waals surface area contributed by atoms with Crippen LogP contribution in [0.15, 0.2) is 12.7 Å². The Labute approximate surface area is 75.7 Å². The Hall–Kier alpha value is 0.140. The minimum atomic E-state index is -0.0817. The molecule has 1 aliphatic rings. The van der Waals surface area contributed by atoms with Crippen molar-refractivity contribution in [2.75, 3.05) is 13.2 Å². The van der Waals surface area contributed by atoms with Crippen molar-refractivity contribution in [3.63, 3.8) is 0 Å². The molecule has 0 amide bonds. The molecule has 2 unspecified atom stereocenters. The van der Waals surface area contributed by atoms with E-state index in [9.17, 15) is 0 Å². The number of ether oxygens (including phenoxy) is 2. The van der Waals surface area contributed by atoms with Crippen LogP contribution in [0.4, 0.5) is 0 Å². The van der Waals surface area contributed by atoms with Crippen LogP contribution in [0, 0.1) is 0 Å². The molecule has 11 heavy (non-hydrogen) atoms. The molecule has 0 aromatic rings. The summed E-state index contributed by atoms with van der Waals surface area (Å²) in [7, 11) is 0. The van der Waals surface area contributed by atoms with Crippen molar-refractivity contribution in [1.82, 2.24) is 0 Å². The summed E-state index contributed by atoms with van der Waals surface area (Å²) in [6, 6.07) is 0. The van der Waals surface area contributed by atoms with Crippen molar-refractivity contribution in [1.29, 1.82) is 0 Å². The second-order valence-electron chi connectivity index (χ2n) is 2.52. The van der Waals surface area contributed by atoms with Gasteiger partial charge in [0.05, 0.1) is 11.4 Å². The van der Waals surface area contributed by atoms with Crippen molar-refractivity contribution in [2.24, 2.45) is 0 Å². The van der Waals surface area contributed by atoms with E-state index in [-0.39, 0.29) is 6.29 Å². The van der Waals surface area contributed by atoms with Crippen LogP contribution in [0.25, 0.3) is 0 Å². The molecule has 0 bridgehead atoms. The van der Waals surface area contributed by atoms with E-state index in [1.807, 2.05) is 0 Å². The first-order valence-electron chi connectivity index (χ1n) is 3.83. The van der Waals surface area contributed by atoms with Crippen molar-refractivity contribution in [3.8, 4) is 0 Å². The molecule has 1 rings (SSSR count). The second kappa shape index (κ2) is 4.91. The Bertz CT molecular complexity index is 127. The lowest BCUT2D eigenvalue weighted by atomic mass is 10.2. The summed E-state index contributed by atoms with van der Waals surface area (Å²) in [5, 5.41) is 0. The van der Waals surface area contributed by atoms with E-state index in [0.29, 0.717) is 11.4 Å². The number of halogens is 1. The summed E-state index contributed by atoms with van der Waals surface area (Å²) in [5.41, 5.74) is 0. The van der Waals surface area contributed by atoms with Gasteiger partial charge in [0.1, 0.15) is 0 Å². The van der Waals surface area contributed by atoms with Crippen LogP contribution in [0.2, 0.25) is 0 Å². The highest BCUT2D eigenvalue weighted by Crippen LogP contribution is 2.21. The molecule has 1 heterocycles. The Morgan fingerprint density at radius 3 is 3.18 bits per heavy atom. The highest BCUT2D eigenvalue weighted by molar-refractivity contribution is 9.09. The van der Waals surface area contributed by atoms with Gasteiger partial charge in [0.25, 0.3) is 0 Å². The fourth-order valence-corrected chi connectivity index (χ4v) is 1.66. The molecule has 0 saturated carbocycles. The van der Waals surface area contributed by atoms with E-state index in [2.05, 4.69) is 22.5 Å². The molecule has 2 nitrogen and oxygen atoms in total. The number of hydrogen-bond donors (Lipinski definition) is 0. The summed E-state index contributed by atoms with van der Waals surface area (Å²) < 4.78 is 10.7. The quantitative estimate of drug-likeness (QED) is 0.536. The van der Waals surface area contributed by atoms with Gasteiger partial charge in [-0.1, -0.05) is 22.0 Å². The second-order valence-corrected chi connectivity index (χ2v) is 3.70. The average molecular weight is 221 g/mol. The molecule has 64 valence electrons. The van der Waals surface area contributed by atoms with E-state index >= 15 is 0 Å². The summed E-state index contributed by atoms with van der Waals surface area (Å²) in [4.78, 5) is 0.344. The number of rotatable bonds is 3. The number of hydrogen-bond acceptors (Lipinski definition) is 2. The lowest BCUT2D eigenvalue weighted by molar-refractivity contribution is -0.149. The zero-order chi connectivity index (χ0) is 8.10. The van der Waals surface area contributed by atoms with Crippen LogP contribution >= 0.6 is 15.9 Å². The molecule has 2 atom stereocenters. The van der Waals surface area contributed by atoms with Gasteiger partial charge in [0.2, 0.25) is 0 Å². The maximum Gasteiger partial charge on any atom is 0.170 e. The Kier molecular flexibility index (Phi) is 4.12. The fraction of sp³-hybridized carbons (Fsp3) is 0.750. The summed E-state index contributed by atoms with van der Waals surface area (Å²) in [5.74, 6) is 0. The first-order valence-corrected chi connectivity index (χ1v) is 4.74. The van der Waals surface area contributed by atoms with Crippen LogP contribution < -0.4 is 0 Å². The summed E-state index contributed by atoms with van der Waals surface area (Å²) >= 11 is 3.50. The van der Waals surface area contributed by atoms with Gasteiger partial charge in [0, 0.05) is 6.61 Å². The highest BCUT2D eigenvalue weighted by Gasteiger charge is 2.23. The molecule has 3 heteroatoms. The fourth-order valence-electron chi connectivity index (χ4n) is 1.03. The van der Waals surface area contributed by atoms with Crippen LogP contribution in [-0.2, 0) is 9.47 Å². The van der Waals surface area contributed by atoms with Gasteiger partial charge in [-0.25, -0.2) is 0 Å². The molecule has 0 spiro atoms. The van der Waals surface area contributed by atoms with E-state index in [1.165, 1.54) is 0 Å². The topological polar surface area (TPSA) is 18.5 Å². The Balaban J connectivity index is 2.23. The van der Waals surface area contributed by atoms with Gasteiger partial charge in [0.15, 0.2) is 6.29 Å². The van der Waals surface area contributed by atoms with Crippen LogP contribution in [-0.4, -0.2) is 24.3 Å². The monoisotopic (exact) mass is 220 g/mol. The third-order valence-corrected chi connectivity index (χ3v) is 2.47. The normalized spacial score (nSPS) is 31.7. The lowest BCUT2D eigenvalue weighted by Gasteiger charge is -2.27. The van der Waals surface area contributed by atoms with Gasteiger partial charge in [-0.2, -0.15) is 0 Å². The van der Waals surface area contributed by atoms with E-state index in [1.54, 1.807) is 6.08 Å². The predicted octanol–water partition coefficient (Wildman–Crippen LogP) is 2.09. The lowest BCUT2D eigenvalue weighted by Crippen LogP contribution is -2.32. The first-order chi connectivity index (χ1) is 5.34. The molecule has 0 aromatic carbocycles. The first kappa shape index (κ1) is 9.23. The van der Waals surface area contributed by atoms with Crippen molar-refractivity contribution in [3.05, 3.63) is 12.7 Å². The minimum absolute atomic E-state index is 0.0817. The maximum absolute atomic E-state index is 5.38. The van der Waals surface area contributed by atoms with Crippen molar-refractivity contribution < 1.29 is 9.47 Å².